The monoisotopic (exact) mass is 186 g/mol. The Balaban J connectivity index is 3.12. The maximum absolute atomic E-state index is 10.3. The van der Waals surface area contributed by atoms with Crippen LogP contribution in [-0.4, -0.2) is 9.13 Å². The third kappa shape index (κ3) is 1.80. The van der Waals surface area contributed by atoms with Gasteiger partial charge in [-0.25, -0.2) is 0 Å². The van der Waals surface area contributed by atoms with Gasteiger partial charge in [-0.15, -0.1) is 0 Å². The molecule has 0 unspecified atom stereocenters. The summed E-state index contributed by atoms with van der Waals surface area (Å²) in [5.41, 5.74) is -0.121. The molecule has 5 nitrogen and oxygen atoms in total. The summed E-state index contributed by atoms with van der Waals surface area (Å²) in [6.45, 7) is 0. The van der Waals surface area contributed by atoms with Crippen molar-refractivity contribution in [3.63, 3.8) is 0 Å². The van der Waals surface area contributed by atoms with Crippen LogP contribution in [0.4, 0.5) is 5.69 Å². The van der Waals surface area contributed by atoms with Crippen LogP contribution in [0.2, 0.25) is 0 Å². The molecule has 0 aromatic heterocycles. The van der Waals surface area contributed by atoms with Crippen LogP contribution in [0.25, 0.3) is 0 Å². The molecule has 0 saturated heterocycles. The SMILES string of the molecule is O=[N+]([O-])c1ccc(S(=O)#[O+])cc1. The first-order valence-corrected chi connectivity index (χ1v) is 4.02. The first kappa shape index (κ1) is 8.69. The molecule has 0 heterocycles. The molecule has 1 rings (SSSR count). The van der Waals surface area contributed by atoms with Gasteiger partial charge in [0.05, 0.1) is 0 Å². The predicted octanol–water partition coefficient (Wildman–Crippen LogP) is 1.05. The van der Waals surface area contributed by atoms with E-state index in [0.717, 1.165) is 12.1 Å². The molecule has 0 fully saturated rings. The Hall–Kier alpha value is -1.40. The molecule has 0 aliphatic carbocycles. The van der Waals surface area contributed by atoms with Gasteiger partial charge in [0.25, 0.3) is 0 Å². The van der Waals surface area contributed by atoms with E-state index in [-0.39, 0.29) is 10.6 Å². The molecule has 0 radical (unpaired) electrons. The Kier molecular flexibility index (Phi) is 2.41. The molecule has 1 aromatic rings. The second-order valence-electron chi connectivity index (χ2n) is 1.99. The van der Waals surface area contributed by atoms with Gasteiger partial charge in [-0.1, -0.05) is 0 Å². The summed E-state index contributed by atoms with van der Waals surface area (Å²) < 4.78 is 20.6. The Morgan fingerprint density at radius 1 is 1.33 bits per heavy atom. The molecule has 0 saturated carbocycles. The van der Waals surface area contributed by atoms with Crippen molar-refractivity contribution in [2.24, 2.45) is 0 Å². The molecule has 12 heavy (non-hydrogen) atoms. The number of nitro groups is 1. The van der Waals surface area contributed by atoms with Crippen molar-refractivity contribution < 1.29 is 13.2 Å². The van der Waals surface area contributed by atoms with Crippen LogP contribution in [0, 0.1) is 10.1 Å². The summed E-state index contributed by atoms with van der Waals surface area (Å²) in [6.07, 6.45) is 0. The van der Waals surface area contributed by atoms with E-state index in [1.54, 1.807) is 0 Å². The van der Waals surface area contributed by atoms with Crippen LogP contribution in [-0.2, 0) is 14.6 Å². The second kappa shape index (κ2) is 3.33. The Morgan fingerprint density at radius 2 is 1.83 bits per heavy atom. The van der Waals surface area contributed by atoms with E-state index < -0.39 is 15.5 Å². The molecular weight excluding hydrogens is 182 g/mol. The van der Waals surface area contributed by atoms with Gasteiger partial charge < -0.3 is 0 Å². The van der Waals surface area contributed by atoms with Gasteiger partial charge in [-0.2, -0.15) is 0 Å². The molecule has 62 valence electrons. The van der Waals surface area contributed by atoms with Crippen LogP contribution in [0.3, 0.4) is 0 Å². The van der Waals surface area contributed by atoms with E-state index in [4.69, 9.17) is 0 Å². The summed E-state index contributed by atoms with van der Waals surface area (Å²) in [5.74, 6) is 0. The van der Waals surface area contributed by atoms with Crippen LogP contribution in [0.15, 0.2) is 29.2 Å². The molecule has 0 N–H and O–H groups in total. The summed E-state index contributed by atoms with van der Waals surface area (Å²) in [7, 11) is -2.32. The fourth-order valence-electron chi connectivity index (χ4n) is 0.679. The molecule has 0 bridgehead atoms. The molecular formula is C6H4NO4S+. The van der Waals surface area contributed by atoms with E-state index in [0.29, 0.717) is 0 Å². The average molecular weight is 186 g/mol. The third-order valence-corrected chi connectivity index (χ3v) is 1.90. The number of non-ortho nitro benzene ring substituents is 1. The summed E-state index contributed by atoms with van der Waals surface area (Å²) >= 11 is 0. The van der Waals surface area contributed by atoms with Crippen LogP contribution >= 0.6 is 0 Å². The van der Waals surface area contributed by atoms with Crippen LogP contribution in [0.1, 0.15) is 0 Å². The second-order valence-corrected chi connectivity index (χ2v) is 2.93. The summed E-state index contributed by atoms with van der Waals surface area (Å²) in [6, 6.07) is 4.65. The first-order chi connectivity index (χ1) is 5.61. The zero-order valence-electron chi connectivity index (χ0n) is 5.80. The van der Waals surface area contributed by atoms with Gasteiger partial charge in [-0.05, 0) is 0 Å². The van der Waals surface area contributed by atoms with E-state index in [9.17, 15) is 18.4 Å². The molecule has 0 spiro atoms. The summed E-state index contributed by atoms with van der Waals surface area (Å²) in [5, 5.41) is 10.1. The predicted molar refractivity (Wildman–Crippen MR) is 40.2 cm³/mol. The van der Waals surface area contributed by atoms with E-state index in [1.807, 2.05) is 0 Å². The number of nitrogens with zero attached hydrogens (tertiary/aromatic N) is 1. The molecule has 0 atom stereocenters. The van der Waals surface area contributed by atoms with Crippen molar-refractivity contribution in [1.82, 2.24) is 0 Å². The average Bonchev–Trinajstić information content (AvgIpc) is 2.04. The first-order valence-electron chi connectivity index (χ1n) is 2.95. The Bertz CT molecular complexity index is 418. The number of nitro benzene ring substituents is 1. The third-order valence-electron chi connectivity index (χ3n) is 1.24. The standard InChI is InChI=1S/C6H4NO4S/c8-7(9)5-1-3-6(4-2-5)12(10)11/h1-4H/q+1. The van der Waals surface area contributed by atoms with E-state index in [1.165, 1.54) is 12.1 Å². The molecule has 1 aromatic carbocycles. The van der Waals surface area contributed by atoms with Crippen molar-refractivity contribution >= 4 is 16.2 Å². The van der Waals surface area contributed by atoms with Gasteiger partial charge in [-0.3, -0.25) is 0 Å². The maximum atomic E-state index is 10.3. The minimum atomic E-state index is -2.32. The molecule has 0 aliphatic heterocycles. The number of hydrogen-bond donors (Lipinski definition) is 0. The topological polar surface area (TPSA) is 80.1 Å². The van der Waals surface area contributed by atoms with Crippen LogP contribution in [0.5, 0.6) is 0 Å². The van der Waals surface area contributed by atoms with Crippen molar-refractivity contribution in [3.05, 3.63) is 34.4 Å². The zero-order chi connectivity index (χ0) is 9.14. The molecule has 0 aliphatic rings. The van der Waals surface area contributed by atoms with Gasteiger partial charge in [0.2, 0.25) is 0 Å². The van der Waals surface area contributed by atoms with Gasteiger partial charge in [0.15, 0.2) is 0 Å². The molecule has 0 amide bonds. The fourth-order valence-corrected chi connectivity index (χ4v) is 1.04. The van der Waals surface area contributed by atoms with Gasteiger partial charge >= 0.3 is 68.7 Å². The number of rotatable bonds is 1. The Morgan fingerprint density at radius 3 is 2.17 bits per heavy atom. The van der Waals surface area contributed by atoms with Crippen molar-refractivity contribution in [3.8, 4) is 0 Å². The van der Waals surface area contributed by atoms with Crippen molar-refractivity contribution in [1.29, 1.82) is 0 Å². The fraction of sp³-hybridized carbons (Fsp3) is 0. The van der Waals surface area contributed by atoms with Gasteiger partial charge in [0.1, 0.15) is 0 Å². The minimum absolute atomic E-state index is 0.0422. The number of hydrogen-bond acceptors (Lipinski definition) is 3. The van der Waals surface area contributed by atoms with E-state index in [2.05, 4.69) is 0 Å². The van der Waals surface area contributed by atoms with Gasteiger partial charge in [0, 0.05) is 0 Å². The normalized spacial score (nSPS) is 9.25. The quantitative estimate of drug-likeness (QED) is 0.373. The van der Waals surface area contributed by atoms with Crippen LogP contribution < -0.4 is 0 Å². The molecule has 6 heteroatoms. The van der Waals surface area contributed by atoms with Crippen molar-refractivity contribution in [2.75, 3.05) is 0 Å². The summed E-state index contributed by atoms with van der Waals surface area (Å²) in [4.78, 5) is 9.59. The van der Waals surface area contributed by atoms with Crippen molar-refractivity contribution in [2.45, 2.75) is 4.90 Å². The van der Waals surface area contributed by atoms with E-state index >= 15 is 0 Å². The number of benzene rings is 1. The Labute approximate surface area is 69.4 Å². The zero-order valence-corrected chi connectivity index (χ0v) is 6.61.